The fourth-order valence-corrected chi connectivity index (χ4v) is 4.11. The van der Waals surface area contributed by atoms with Gasteiger partial charge in [-0.25, -0.2) is 15.0 Å². The van der Waals surface area contributed by atoms with Crippen molar-refractivity contribution in [3.8, 4) is 11.5 Å². The fraction of sp³-hybridized carbons (Fsp3) is 0.250. The van der Waals surface area contributed by atoms with Crippen molar-refractivity contribution in [2.75, 3.05) is 11.9 Å². The van der Waals surface area contributed by atoms with Crippen LogP contribution in [0.4, 0.5) is 5.82 Å². The first kappa shape index (κ1) is 20.1. The molecule has 0 unspecified atom stereocenters. The molecular weight excluding hydrogens is 404 g/mol. The predicted molar refractivity (Wildman–Crippen MR) is 121 cm³/mol. The number of carbonyl (C=O) groups excluding carboxylic acids is 1. The van der Waals surface area contributed by atoms with Gasteiger partial charge in [0, 0.05) is 24.9 Å². The lowest BCUT2D eigenvalue weighted by atomic mass is 10.1. The summed E-state index contributed by atoms with van der Waals surface area (Å²) in [7, 11) is 0. The molecular formula is C24H24N6O2. The van der Waals surface area contributed by atoms with Crippen LogP contribution in [-0.4, -0.2) is 31.9 Å². The Balaban J connectivity index is 1.63. The molecule has 32 heavy (non-hydrogen) atoms. The molecule has 0 atom stereocenters. The molecule has 0 aliphatic carbocycles. The number of aromatic nitrogens is 4. The molecule has 0 saturated heterocycles. The number of benzene rings is 1. The average Bonchev–Trinajstić information content (AvgIpc) is 2.96. The van der Waals surface area contributed by atoms with Gasteiger partial charge in [-0.15, -0.1) is 0 Å². The maximum atomic E-state index is 11.9. The first-order valence-corrected chi connectivity index (χ1v) is 10.6. The third-order valence-electron chi connectivity index (χ3n) is 5.65. The van der Waals surface area contributed by atoms with Gasteiger partial charge in [0.05, 0.1) is 23.6 Å². The maximum absolute atomic E-state index is 11.9. The molecule has 3 aromatic heterocycles. The van der Waals surface area contributed by atoms with Crippen LogP contribution in [0, 0.1) is 6.92 Å². The number of imidazole rings is 1. The summed E-state index contributed by atoms with van der Waals surface area (Å²) in [5, 5.41) is 3.51. The van der Waals surface area contributed by atoms with Crippen molar-refractivity contribution in [1.29, 1.82) is 0 Å². The van der Waals surface area contributed by atoms with E-state index in [0.717, 1.165) is 41.3 Å². The van der Waals surface area contributed by atoms with E-state index >= 15 is 0 Å². The lowest BCUT2D eigenvalue weighted by Crippen LogP contribution is -2.13. The van der Waals surface area contributed by atoms with E-state index in [0.29, 0.717) is 36.8 Å². The van der Waals surface area contributed by atoms with Gasteiger partial charge in [-0.2, -0.15) is 0 Å². The molecule has 0 radical (unpaired) electrons. The molecule has 1 amide bonds. The number of carbonyl (C=O) groups is 1. The molecule has 5 rings (SSSR count). The molecule has 0 bridgehead atoms. The summed E-state index contributed by atoms with van der Waals surface area (Å²) in [6, 6.07) is 13.7. The van der Waals surface area contributed by atoms with Gasteiger partial charge in [0.1, 0.15) is 17.2 Å². The Labute approximate surface area is 185 Å². The van der Waals surface area contributed by atoms with Crippen molar-refractivity contribution in [2.45, 2.75) is 32.9 Å². The Hall–Kier alpha value is -3.78. The molecule has 0 spiro atoms. The molecule has 4 aromatic rings. The quantitative estimate of drug-likeness (QED) is 0.505. The van der Waals surface area contributed by atoms with Crippen molar-refractivity contribution >= 4 is 17.4 Å². The van der Waals surface area contributed by atoms with Crippen LogP contribution in [0.25, 0.3) is 17.2 Å². The molecule has 0 saturated carbocycles. The second-order valence-corrected chi connectivity index (χ2v) is 7.84. The minimum Gasteiger partial charge on any atom is -0.375 e. The molecule has 162 valence electrons. The smallest absolute Gasteiger partial charge is 0.252 e. The SMILES string of the molecule is Cc1nc2c(C(N)=O)cccn2c1-c1nc2c(c(NCc3ccccc3)n1)CCCOC2. The summed E-state index contributed by atoms with van der Waals surface area (Å²) in [6.45, 7) is 3.67. The Morgan fingerprint density at radius 1 is 1.16 bits per heavy atom. The summed E-state index contributed by atoms with van der Waals surface area (Å²) in [5.41, 5.74) is 11.0. The van der Waals surface area contributed by atoms with Crippen LogP contribution in [-0.2, 0) is 24.3 Å². The number of primary amides is 1. The molecule has 8 heteroatoms. The van der Waals surface area contributed by atoms with Crippen LogP contribution in [0.5, 0.6) is 0 Å². The van der Waals surface area contributed by atoms with E-state index in [9.17, 15) is 4.79 Å². The van der Waals surface area contributed by atoms with Crippen molar-refractivity contribution in [3.63, 3.8) is 0 Å². The first-order chi connectivity index (χ1) is 15.6. The number of nitrogens with two attached hydrogens (primary N) is 1. The number of aryl methyl sites for hydroxylation is 1. The highest BCUT2D eigenvalue weighted by molar-refractivity contribution is 5.99. The second kappa shape index (κ2) is 8.39. The Bertz CT molecular complexity index is 1300. The van der Waals surface area contributed by atoms with Gasteiger partial charge in [0.25, 0.3) is 5.91 Å². The van der Waals surface area contributed by atoms with Gasteiger partial charge in [0.2, 0.25) is 0 Å². The number of rotatable bonds is 5. The van der Waals surface area contributed by atoms with Crippen LogP contribution < -0.4 is 11.1 Å². The topological polar surface area (TPSA) is 107 Å². The van der Waals surface area contributed by atoms with E-state index in [1.54, 1.807) is 12.1 Å². The highest BCUT2D eigenvalue weighted by Gasteiger charge is 2.22. The summed E-state index contributed by atoms with van der Waals surface area (Å²) in [5.74, 6) is 0.824. The first-order valence-electron chi connectivity index (χ1n) is 10.6. The van der Waals surface area contributed by atoms with E-state index < -0.39 is 5.91 Å². The molecule has 1 aliphatic rings. The van der Waals surface area contributed by atoms with Gasteiger partial charge in [0.15, 0.2) is 5.82 Å². The number of amides is 1. The summed E-state index contributed by atoms with van der Waals surface area (Å²) in [4.78, 5) is 26.3. The minimum atomic E-state index is -0.520. The van der Waals surface area contributed by atoms with E-state index in [4.69, 9.17) is 20.4 Å². The van der Waals surface area contributed by atoms with Gasteiger partial charge < -0.3 is 15.8 Å². The van der Waals surface area contributed by atoms with E-state index in [1.807, 2.05) is 35.7 Å². The molecule has 8 nitrogen and oxygen atoms in total. The van der Waals surface area contributed by atoms with E-state index in [1.165, 1.54) is 5.56 Å². The zero-order valence-electron chi connectivity index (χ0n) is 17.8. The molecule has 3 N–H and O–H groups in total. The lowest BCUT2D eigenvalue weighted by Gasteiger charge is -2.15. The number of fused-ring (bicyclic) bond motifs is 2. The molecule has 4 heterocycles. The van der Waals surface area contributed by atoms with Crippen molar-refractivity contribution < 1.29 is 9.53 Å². The average molecular weight is 428 g/mol. The number of nitrogens with zero attached hydrogens (tertiary/aromatic N) is 4. The number of nitrogens with one attached hydrogen (secondary N) is 1. The van der Waals surface area contributed by atoms with Crippen LogP contribution in [0.1, 0.15) is 39.3 Å². The fourth-order valence-electron chi connectivity index (χ4n) is 4.11. The van der Waals surface area contributed by atoms with Crippen LogP contribution >= 0.6 is 0 Å². The second-order valence-electron chi connectivity index (χ2n) is 7.84. The predicted octanol–water partition coefficient (Wildman–Crippen LogP) is 3.27. The van der Waals surface area contributed by atoms with Crippen LogP contribution in [0.3, 0.4) is 0 Å². The van der Waals surface area contributed by atoms with Crippen molar-refractivity contribution in [1.82, 2.24) is 19.4 Å². The maximum Gasteiger partial charge on any atom is 0.252 e. The Kier molecular flexibility index (Phi) is 5.28. The lowest BCUT2D eigenvalue weighted by molar-refractivity contribution is 0.100. The minimum absolute atomic E-state index is 0.363. The largest absolute Gasteiger partial charge is 0.375 e. The number of anilines is 1. The highest BCUT2D eigenvalue weighted by Crippen LogP contribution is 2.29. The van der Waals surface area contributed by atoms with Crippen molar-refractivity contribution in [2.24, 2.45) is 5.73 Å². The van der Waals surface area contributed by atoms with Crippen molar-refractivity contribution in [3.05, 3.63) is 76.7 Å². The Morgan fingerprint density at radius 3 is 2.81 bits per heavy atom. The summed E-state index contributed by atoms with van der Waals surface area (Å²) in [6.07, 6.45) is 3.62. The monoisotopic (exact) mass is 428 g/mol. The number of hydrogen-bond donors (Lipinski definition) is 2. The highest BCUT2D eigenvalue weighted by atomic mass is 16.5. The Morgan fingerprint density at radius 2 is 2.00 bits per heavy atom. The summed E-state index contributed by atoms with van der Waals surface area (Å²) < 4.78 is 7.61. The third kappa shape index (κ3) is 3.69. The summed E-state index contributed by atoms with van der Waals surface area (Å²) >= 11 is 0. The zero-order valence-corrected chi connectivity index (χ0v) is 17.8. The van der Waals surface area contributed by atoms with Gasteiger partial charge >= 0.3 is 0 Å². The number of ether oxygens (including phenoxy) is 1. The standard InChI is InChI=1S/C24H24N6O2/c1-15-20(30-11-5-9-18(21(25)31)24(30)27-15)23-28-19-14-32-12-6-10-17(19)22(29-23)26-13-16-7-3-2-4-8-16/h2-5,7-9,11H,6,10,12-14H2,1H3,(H2,25,31)(H,26,28,29). The molecule has 1 aromatic carbocycles. The van der Waals surface area contributed by atoms with Crippen LogP contribution in [0.15, 0.2) is 48.7 Å². The molecule has 0 fully saturated rings. The molecule has 1 aliphatic heterocycles. The van der Waals surface area contributed by atoms with E-state index in [-0.39, 0.29) is 0 Å². The van der Waals surface area contributed by atoms with Gasteiger partial charge in [-0.3, -0.25) is 9.20 Å². The third-order valence-corrected chi connectivity index (χ3v) is 5.65. The van der Waals surface area contributed by atoms with E-state index in [2.05, 4.69) is 22.4 Å². The van der Waals surface area contributed by atoms with Gasteiger partial charge in [-0.05, 0) is 37.5 Å². The van der Waals surface area contributed by atoms with Gasteiger partial charge in [-0.1, -0.05) is 30.3 Å². The normalized spacial score (nSPS) is 13.5. The number of pyridine rings is 1. The zero-order chi connectivity index (χ0) is 22.1. The number of hydrogen-bond acceptors (Lipinski definition) is 6. The van der Waals surface area contributed by atoms with Crippen LogP contribution in [0.2, 0.25) is 0 Å².